The molecule has 0 spiro atoms. The third kappa shape index (κ3) is 2.31. The Morgan fingerprint density at radius 1 is 1.27 bits per heavy atom. The van der Waals surface area contributed by atoms with Crippen LogP contribution in [0.15, 0.2) is 42.6 Å². The van der Waals surface area contributed by atoms with Crippen LogP contribution in [0.5, 0.6) is 0 Å². The molecular formula is C12H12N2O. The molecule has 1 heterocycles. The molecule has 0 aliphatic heterocycles. The normalized spacial score (nSPS) is 10.2. The van der Waals surface area contributed by atoms with Crippen LogP contribution in [-0.4, -0.2) is 15.6 Å². The van der Waals surface area contributed by atoms with Gasteiger partial charge in [-0.25, -0.2) is 0 Å². The Morgan fingerprint density at radius 2 is 2.00 bits per heavy atom. The number of nitrogens with zero attached hydrogens (tertiary/aromatic N) is 2. The highest BCUT2D eigenvalue weighted by Crippen LogP contribution is 2.05. The van der Waals surface area contributed by atoms with Crippen LogP contribution in [0.4, 0.5) is 0 Å². The molecule has 15 heavy (non-hydrogen) atoms. The minimum absolute atomic E-state index is 0.106. The van der Waals surface area contributed by atoms with Gasteiger partial charge in [0.05, 0.1) is 12.1 Å². The van der Waals surface area contributed by atoms with Gasteiger partial charge in [-0.2, -0.15) is 5.10 Å². The van der Waals surface area contributed by atoms with Gasteiger partial charge in [-0.1, -0.05) is 30.3 Å². The van der Waals surface area contributed by atoms with Crippen molar-refractivity contribution in [3.63, 3.8) is 0 Å². The summed E-state index contributed by atoms with van der Waals surface area (Å²) >= 11 is 0. The predicted molar refractivity (Wildman–Crippen MR) is 57.7 cm³/mol. The fourth-order valence-electron chi connectivity index (χ4n) is 1.45. The number of ketones is 1. The summed E-state index contributed by atoms with van der Waals surface area (Å²) < 4.78 is 1.70. The van der Waals surface area contributed by atoms with Crippen molar-refractivity contribution in [2.75, 3.05) is 0 Å². The molecule has 0 amide bonds. The zero-order chi connectivity index (χ0) is 10.7. The van der Waals surface area contributed by atoms with Crippen molar-refractivity contribution in [2.24, 2.45) is 7.05 Å². The molecule has 0 atom stereocenters. The van der Waals surface area contributed by atoms with Gasteiger partial charge < -0.3 is 0 Å². The Bertz CT molecular complexity index is 459. The minimum Gasteiger partial charge on any atom is -0.294 e. The summed E-state index contributed by atoms with van der Waals surface area (Å²) in [5, 5.41) is 4.17. The smallest absolute Gasteiger partial charge is 0.168 e. The van der Waals surface area contributed by atoms with E-state index >= 15 is 0 Å². The van der Waals surface area contributed by atoms with E-state index in [0.717, 1.165) is 11.3 Å². The van der Waals surface area contributed by atoms with Gasteiger partial charge >= 0.3 is 0 Å². The van der Waals surface area contributed by atoms with E-state index in [1.54, 1.807) is 4.68 Å². The highest BCUT2D eigenvalue weighted by molar-refractivity contribution is 5.97. The van der Waals surface area contributed by atoms with E-state index in [4.69, 9.17) is 0 Å². The Hall–Kier alpha value is -1.90. The SMILES string of the molecule is Cn1ccc(CC(=O)c2ccccc2)n1. The summed E-state index contributed by atoms with van der Waals surface area (Å²) in [6.07, 6.45) is 2.21. The molecule has 76 valence electrons. The third-order valence-corrected chi connectivity index (χ3v) is 2.21. The highest BCUT2D eigenvalue weighted by atomic mass is 16.1. The first-order valence-electron chi connectivity index (χ1n) is 4.82. The number of rotatable bonds is 3. The molecule has 0 aliphatic rings. The second kappa shape index (κ2) is 4.09. The van der Waals surface area contributed by atoms with Crippen LogP contribution in [0.3, 0.4) is 0 Å². The van der Waals surface area contributed by atoms with Gasteiger partial charge in [-0.3, -0.25) is 9.48 Å². The average Bonchev–Trinajstić information content (AvgIpc) is 2.65. The van der Waals surface area contributed by atoms with Gasteiger partial charge in [0.15, 0.2) is 5.78 Å². The van der Waals surface area contributed by atoms with Gasteiger partial charge in [0.2, 0.25) is 0 Å². The molecule has 0 saturated heterocycles. The Morgan fingerprint density at radius 3 is 2.60 bits per heavy atom. The van der Waals surface area contributed by atoms with Crippen LogP contribution in [0, 0.1) is 0 Å². The molecule has 1 aromatic carbocycles. The summed E-state index contributed by atoms with van der Waals surface area (Å²) in [5.41, 5.74) is 1.55. The predicted octanol–water partition coefficient (Wildman–Crippen LogP) is 1.85. The van der Waals surface area contributed by atoms with Crippen LogP contribution in [-0.2, 0) is 13.5 Å². The highest BCUT2D eigenvalue weighted by Gasteiger charge is 2.07. The molecule has 3 nitrogen and oxygen atoms in total. The molecule has 0 bridgehead atoms. The molecule has 0 N–H and O–H groups in total. The lowest BCUT2D eigenvalue weighted by Crippen LogP contribution is -2.04. The van der Waals surface area contributed by atoms with E-state index in [0.29, 0.717) is 6.42 Å². The number of benzene rings is 1. The standard InChI is InChI=1S/C12H12N2O/c1-14-8-7-11(13-14)9-12(15)10-5-3-2-4-6-10/h2-8H,9H2,1H3. The zero-order valence-electron chi connectivity index (χ0n) is 8.55. The molecule has 2 rings (SSSR count). The molecule has 1 aromatic heterocycles. The molecule has 0 saturated carbocycles. The van der Waals surface area contributed by atoms with Crippen molar-refractivity contribution in [2.45, 2.75) is 6.42 Å². The minimum atomic E-state index is 0.106. The van der Waals surface area contributed by atoms with Gasteiger partial charge in [-0.15, -0.1) is 0 Å². The van der Waals surface area contributed by atoms with Gasteiger partial charge in [0.1, 0.15) is 0 Å². The van der Waals surface area contributed by atoms with Crippen LogP contribution in [0.25, 0.3) is 0 Å². The Labute approximate surface area is 88.4 Å². The van der Waals surface area contributed by atoms with Crippen LogP contribution >= 0.6 is 0 Å². The number of carbonyl (C=O) groups excluding carboxylic acids is 1. The second-order valence-corrected chi connectivity index (χ2v) is 3.45. The first-order chi connectivity index (χ1) is 7.25. The Kier molecular flexibility index (Phi) is 2.63. The first kappa shape index (κ1) is 9.65. The molecule has 0 aliphatic carbocycles. The lowest BCUT2D eigenvalue weighted by molar-refractivity contribution is 0.0992. The van der Waals surface area contributed by atoms with Crippen molar-refractivity contribution in [3.8, 4) is 0 Å². The number of hydrogen-bond donors (Lipinski definition) is 0. The maximum absolute atomic E-state index is 11.8. The second-order valence-electron chi connectivity index (χ2n) is 3.45. The average molecular weight is 200 g/mol. The molecule has 3 heteroatoms. The fraction of sp³-hybridized carbons (Fsp3) is 0.167. The molecule has 2 aromatic rings. The first-order valence-corrected chi connectivity index (χ1v) is 4.82. The third-order valence-electron chi connectivity index (χ3n) is 2.21. The Balaban J connectivity index is 2.11. The van der Waals surface area contributed by atoms with E-state index in [2.05, 4.69) is 5.10 Å². The number of carbonyl (C=O) groups is 1. The summed E-state index contributed by atoms with van der Waals surface area (Å²) in [4.78, 5) is 11.8. The fourth-order valence-corrected chi connectivity index (χ4v) is 1.45. The van der Waals surface area contributed by atoms with Gasteiger partial charge in [0, 0.05) is 18.8 Å². The molecule has 0 fully saturated rings. The zero-order valence-corrected chi connectivity index (χ0v) is 8.55. The van der Waals surface area contributed by atoms with Gasteiger partial charge in [-0.05, 0) is 6.07 Å². The van der Waals surface area contributed by atoms with E-state index < -0.39 is 0 Å². The monoisotopic (exact) mass is 200 g/mol. The summed E-state index contributed by atoms with van der Waals surface area (Å²) in [7, 11) is 1.84. The van der Waals surface area contributed by atoms with E-state index in [1.807, 2.05) is 49.6 Å². The quantitative estimate of drug-likeness (QED) is 0.709. The number of aryl methyl sites for hydroxylation is 1. The molecule has 0 unspecified atom stereocenters. The summed E-state index contributed by atoms with van der Waals surface area (Å²) in [6.45, 7) is 0. The van der Waals surface area contributed by atoms with Crippen LogP contribution in [0.2, 0.25) is 0 Å². The van der Waals surface area contributed by atoms with Crippen molar-refractivity contribution in [1.82, 2.24) is 9.78 Å². The number of Topliss-reactive ketones (excluding diaryl/α,β-unsaturated/α-hetero) is 1. The number of aromatic nitrogens is 2. The molecular weight excluding hydrogens is 188 g/mol. The largest absolute Gasteiger partial charge is 0.294 e. The van der Waals surface area contributed by atoms with Crippen molar-refractivity contribution < 1.29 is 4.79 Å². The topological polar surface area (TPSA) is 34.9 Å². The van der Waals surface area contributed by atoms with Crippen LogP contribution in [0.1, 0.15) is 16.1 Å². The van der Waals surface area contributed by atoms with Crippen LogP contribution < -0.4 is 0 Å². The van der Waals surface area contributed by atoms with Gasteiger partial charge in [0.25, 0.3) is 0 Å². The maximum atomic E-state index is 11.8. The van der Waals surface area contributed by atoms with E-state index in [1.165, 1.54) is 0 Å². The van der Waals surface area contributed by atoms with Crippen molar-refractivity contribution in [1.29, 1.82) is 0 Å². The van der Waals surface area contributed by atoms with E-state index in [9.17, 15) is 4.79 Å². The molecule has 0 radical (unpaired) electrons. The lowest BCUT2D eigenvalue weighted by Gasteiger charge is -1.97. The van der Waals surface area contributed by atoms with Crippen molar-refractivity contribution >= 4 is 5.78 Å². The summed E-state index contributed by atoms with van der Waals surface area (Å²) in [5.74, 6) is 0.106. The van der Waals surface area contributed by atoms with E-state index in [-0.39, 0.29) is 5.78 Å². The lowest BCUT2D eigenvalue weighted by atomic mass is 10.1. The summed E-state index contributed by atoms with van der Waals surface area (Å²) in [6, 6.07) is 11.1. The number of hydrogen-bond acceptors (Lipinski definition) is 2. The van der Waals surface area contributed by atoms with Crippen molar-refractivity contribution in [3.05, 3.63) is 53.9 Å². The maximum Gasteiger partial charge on any atom is 0.168 e.